The third-order valence-corrected chi connectivity index (χ3v) is 5.52. The van der Waals surface area contributed by atoms with Crippen LogP contribution in [0.2, 0.25) is 0 Å². The number of aliphatic carboxylic acids is 1. The summed E-state index contributed by atoms with van der Waals surface area (Å²) in [4.78, 5) is 48.5. The molecule has 0 bridgehead atoms. The molecule has 0 aliphatic heterocycles. The molecule has 4 unspecified atom stereocenters. The highest BCUT2D eigenvalue weighted by Gasteiger charge is 2.31. The van der Waals surface area contributed by atoms with Gasteiger partial charge in [-0.05, 0) is 78.5 Å². The lowest BCUT2D eigenvalue weighted by Crippen LogP contribution is -2.38. The van der Waals surface area contributed by atoms with Crippen molar-refractivity contribution in [3.05, 3.63) is 23.8 Å². The van der Waals surface area contributed by atoms with Crippen LogP contribution in [0.15, 0.2) is 18.2 Å². The van der Waals surface area contributed by atoms with Crippen LogP contribution in [-0.2, 0) is 23.7 Å². The van der Waals surface area contributed by atoms with Gasteiger partial charge in [-0.25, -0.2) is 14.4 Å². The fourth-order valence-corrected chi connectivity index (χ4v) is 3.15. The Kier molecular flexibility index (Phi) is 13.0. The van der Waals surface area contributed by atoms with E-state index >= 15 is 0 Å². The summed E-state index contributed by atoms with van der Waals surface area (Å²) in [6.45, 7) is 13.6. The number of carboxylic acid groups (broad SMARTS) is 1. The molecule has 5 atom stereocenters. The quantitative estimate of drug-likeness (QED) is 0.188. The second-order valence-electron chi connectivity index (χ2n) is 10.2. The zero-order valence-electron chi connectivity index (χ0n) is 23.8. The molecule has 0 heterocycles. The predicted octanol–water partition coefficient (Wildman–Crippen LogP) is 5.54. The van der Waals surface area contributed by atoms with Crippen LogP contribution in [0.3, 0.4) is 0 Å². The minimum absolute atomic E-state index is 0.0142. The van der Waals surface area contributed by atoms with E-state index in [0.717, 1.165) is 0 Å². The average molecular weight is 556 g/mol. The fourth-order valence-electron chi connectivity index (χ4n) is 3.15. The zero-order chi connectivity index (χ0) is 29.9. The summed E-state index contributed by atoms with van der Waals surface area (Å²) >= 11 is 0. The summed E-state index contributed by atoms with van der Waals surface area (Å²) in [5.74, 6) is -2.59. The van der Waals surface area contributed by atoms with Crippen LogP contribution in [0.5, 0.6) is 11.5 Å². The molecule has 1 aromatic carbocycles. The Morgan fingerprint density at radius 2 is 1.31 bits per heavy atom. The minimum Gasteiger partial charge on any atom is -0.480 e. The van der Waals surface area contributed by atoms with Crippen molar-refractivity contribution in [3.8, 4) is 11.5 Å². The number of benzene rings is 1. The molecular weight excluding hydrogens is 514 g/mol. The van der Waals surface area contributed by atoms with Crippen molar-refractivity contribution in [2.75, 3.05) is 0 Å². The first kappa shape index (κ1) is 33.5. The number of hydrogen-bond donors (Lipinski definition) is 2. The molecule has 1 rings (SSSR count). The van der Waals surface area contributed by atoms with E-state index < -0.39 is 60.3 Å². The van der Waals surface area contributed by atoms with Crippen molar-refractivity contribution in [1.82, 2.24) is 0 Å². The maximum atomic E-state index is 12.4. The van der Waals surface area contributed by atoms with E-state index in [9.17, 15) is 24.3 Å². The van der Waals surface area contributed by atoms with Crippen LogP contribution in [0.25, 0.3) is 0 Å². The summed E-state index contributed by atoms with van der Waals surface area (Å²) < 4.78 is 31.3. The van der Waals surface area contributed by atoms with Gasteiger partial charge >= 0.3 is 24.4 Å². The average Bonchev–Trinajstić information content (AvgIpc) is 2.81. The Balaban J connectivity index is 3.34. The van der Waals surface area contributed by atoms with E-state index in [1.165, 1.54) is 18.2 Å². The van der Waals surface area contributed by atoms with Gasteiger partial charge in [0.15, 0.2) is 11.5 Å². The SMILES string of the molecule is CCC(C)OC(=O)Oc1ccc(C(CC(C)OC(=O)OC(C)(C)C)[C@H](N)C(=O)O)cc1OC(=O)OC(C)CC. The lowest BCUT2D eigenvalue weighted by Gasteiger charge is -2.26. The van der Waals surface area contributed by atoms with E-state index in [-0.39, 0.29) is 17.9 Å². The Bertz CT molecular complexity index is 988. The smallest absolute Gasteiger partial charge is 0.480 e. The van der Waals surface area contributed by atoms with E-state index in [0.29, 0.717) is 18.4 Å². The van der Waals surface area contributed by atoms with Crippen LogP contribution < -0.4 is 15.2 Å². The van der Waals surface area contributed by atoms with Crippen molar-refractivity contribution >= 4 is 24.4 Å². The fraction of sp³-hybridized carbons (Fsp3) is 0.630. The Morgan fingerprint density at radius 1 is 0.821 bits per heavy atom. The van der Waals surface area contributed by atoms with Gasteiger partial charge in [0.25, 0.3) is 0 Å². The van der Waals surface area contributed by atoms with Gasteiger partial charge in [0.1, 0.15) is 30.0 Å². The van der Waals surface area contributed by atoms with Gasteiger partial charge < -0.3 is 39.3 Å². The second kappa shape index (κ2) is 15.2. The minimum atomic E-state index is -1.42. The lowest BCUT2D eigenvalue weighted by molar-refractivity contribution is -0.139. The van der Waals surface area contributed by atoms with Gasteiger partial charge in [0.05, 0.1) is 0 Å². The van der Waals surface area contributed by atoms with Gasteiger partial charge in [-0.15, -0.1) is 0 Å². The number of ether oxygens (including phenoxy) is 6. The standard InChI is InChI=1S/C27H41NO11/c1-9-15(3)34-24(31)37-20-12-11-18(14-21(20)38-25(32)35-16(4)10-2)19(22(28)23(29)30)13-17(5)36-26(33)39-27(6,7)8/h11-12,14-17,19,22H,9-10,13,28H2,1-8H3,(H,29,30)/t15?,16?,17?,19?,22-/m0/s1. The highest BCUT2D eigenvalue weighted by atomic mass is 16.8. The number of rotatable bonds is 12. The topological polar surface area (TPSA) is 170 Å². The molecule has 0 amide bonds. The van der Waals surface area contributed by atoms with E-state index in [1.54, 1.807) is 41.5 Å². The molecule has 0 aromatic heterocycles. The van der Waals surface area contributed by atoms with Gasteiger partial charge in [-0.2, -0.15) is 0 Å². The van der Waals surface area contributed by atoms with Crippen molar-refractivity contribution in [2.45, 2.75) is 111 Å². The van der Waals surface area contributed by atoms with Crippen LogP contribution >= 0.6 is 0 Å². The van der Waals surface area contributed by atoms with E-state index in [1.807, 2.05) is 13.8 Å². The van der Waals surface area contributed by atoms with Crippen molar-refractivity contribution in [3.63, 3.8) is 0 Å². The Labute approximate surface area is 229 Å². The first-order valence-electron chi connectivity index (χ1n) is 12.8. The molecule has 0 saturated carbocycles. The summed E-state index contributed by atoms with van der Waals surface area (Å²) in [6, 6.07) is 2.68. The summed E-state index contributed by atoms with van der Waals surface area (Å²) in [5.41, 5.74) is 5.52. The molecule has 0 fully saturated rings. The van der Waals surface area contributed by atoms with E-state index in [2.05, 4.69) is 0 Å². The largest absolute Gasteiger partial charge is 0.514 e. The van der Waals surface area contributed by atoms with Crippen LogP contribution in [-0.4, -0.2) is 59.5 Å². The number of hydrogen-bond acceptors (Lipinski definition) is 11. The third kappa shape index (κ3) is 12.2. The van der Waals surface area contributed by atoms with Crippen molar-refractivity contribution < 1.29 is 52.7 Å². The summed E-state index contributed by atoms with van der Waals surface area (Å²) in [5, 5.41) is 9.63. The van der Waals surface area contributed by atoms with Crippen molar-refractivity contribution in [2.24, 2.45) is 5.73 Å². The van der Waals surface area contributed by atoms with Crippen LogP contribution in [0.1, 0.15) is 86.1 Å². The van der Waals surface area contributed by atoms with Crippen molar-refractivity contribution in [1.29, 1.82) is 0 Å². The second-order valence-corrected chi connectivity index (χ2v) is 10.2. The summed E-state index contributed by atoms with van der Waals surface area (Å²) in [7, 11) is 0. The molecule has 220 valence electrons. The Hall–Kier alpha value is -3.54. The molecular formula is C27H41NO11. The normalized spacial score (nSPS) is 15.1. The first-order valence-corrected chi connectivity index (χ1v) is 12.8. The number of carbonyl (C=O) groups is 4. The first-order chi connectivity index (χ1) is 18.1. The van der Waals surface area contributed by atoms with Gasteiger partial charge in [0.2, 0.25) is 0 Å². The Morgan fingerprint density at radius 3 is 1.77 bits per heavy atom. The highest BCUT2D eigenvalue weighted by molar-refractivity contribution is 5.75. The van der Waals surface area contributed by atoms with Gasteiger partial charge in [-0.1, -0.05) is 19.9 Å². The molecule has 0 aliphatic rings. The maximum Gasteiger partial charge on any atom is 0.514 e. The number of carbonyl (C=O) groups excluding carboxylic acids is 3. The molecule has 12 nitrogen and oxygen atoms in total. The lowest BCUT2D eigenvalue weighted by atomic mass is 9.87. The molecule has 1 aromatic rings. The summed E-state index contributed by atoms with van der Waals surface area (Å²) in [6.07, 6.45) is -3.57. The van der Waals surface area contributed by atoms with Crippen LogP contribution in [0, 0.1) is 0 Å². The monoisotopic (exact) mass is 555 g/mol. The molecule has 0 radical (unpaired) electrons. The molecule has 0 saturated heterocycles. The molecule has 0 spiro atoms. The number of carboxylic acids is 1. The molecule has 0 aliphatic carbocycles. The number of nitrogens with two attached hydrogens (primary N) is 1. The highest BCUT2D eigenvalue weighted by Crippen LogP contribution is 2.35. The zero-order valence-corrected chi connectivity index (χ0v) is 23.8. The third-order valence-electron chi connectivity index (χ3n) is 5.52. The maximum absolute atomic E-state index is 12.4. The van der Waals surface area contributed by atoms with Crippen LogP contribution in [0.4, 0.5) is 14.4 Å². The van der Waals surface area contributed by atoms with E-state index in [4.69, 9.17) is 34.2 Å². The van der Waals surface area contributed by atoms with Gasteiger partial charge in [0, 0.05) is 5.92 Å². The molecule has 3 N–H and O–H groups in total. The molecule has 39 heavy (non-hydrogen) atoms. The van der Waals surface area contributed by atoms with Gasteiger partial charge in [-0.3, -0.25) is 4.79 Å². The molecule has 12 heteroatoms. The predicted molar refractivity (Wildman–Crippen MR) is 140 cm³/mol.